The Balaban J connectivity index is 0.000000109. The molecule has 1 aliphatic rings. The Kier molecular flexibility index (Phi) is 22.3. The minimum absolute atomic E-state index is 0.509. The first-order valence-corrected chi connectivity index (χ1v) is 41.6. The maximum Gasteiger partial charge on any atom is 0.229 e. The van der Waals surface area contributed by atoms with Crippen LogP contribution in [0, 0.1) is 0 Å². The second-order valence-electron chi connectivity index (χ2n) is 27.0. The van der Waals surface area contributed by atoms with E-state index in [2.05, 4.69) is 172 Å². The van der Waals surface area contributed by atoms with E-state index in [1.54, 1.807) is 70.1 Å². The third-order valence-electron chi connectivity index (χ3n) is 19.2. The maximum absolute atomic E-state index is 6.56. The second kappa shape index (κ2) is 34.9. The summed E-state index contributed by atoms with van der Waals surface area (Å²) in [6, 6.07) is 54.4. The summed E-state index contributed by atoms with van der Waals surface area (Å²) in [5.74, 6) is 5.33. The highest BCUT2D eigenvalue weighted by atomic mass is 35.5. The maximum atomic E-state index is 6.56. The van der Waals surface area contributed by atoms with Crippen molar-refractivity contribution in [2.75, 3.05) is 91.7 Å². The van der Waals surface area contributed by atoms with Crippen molar-refractivity contribution in [1.29, 1.82) is 0 Å². The Hall–Kier alpha value is -14.1. The van der Waals surface area contributed by atoms with Gasteiger partial charge in [0.2, 0.25) is 23.8 Å². The van der Waals surface area contributed by atoms with Crippen molar-refractivity contribution < 1.29 is 4.74 Å². The van der Waals surface area contributed by atoms with E-state index < -0.39 is 0 Å². The zero-order chi connectivity index (χ0) is 79.5. The van der Waals surface area contributed by atoms with E-state index >= 15 is 0 Å². The van der Waals surface area contributed by atoms with Gasteiger partial charge in [-0.25, -0.2) is 19.9 Å². The van der Waals surface area contributed by atoms with Crippen LogP contribution >= 0.6 is 56.9 Å². The number of benzene rings is 6. The number of rotatable bonds is 22. The first-order chi connectivity index (χ1) is 58.2. The molecule has 0 atom stereocenters. The summed E-state index contributed by atoms with van der Waals surface area (Å²) in [4.78, 5) is 50.2. The van der Waals surface area contributed by atoms with Crippen molar-refractivity contribution in [2.24, 2.45) is 0 Å². The number of aromatic nitrogens is 18. The SMILES string of the molecule is CCN(CC)c1ccc(Nc2nc(Nc3ccc4[nH]ncc4c3)c3sccc3n2)cc1Cl.c1cc(CNc2nc(Nc3ccc4[nH]ncc4c3)c3sccc3n2)ccn1.c1cc2nc(Nc3ccc(N4CCOCC4)cc3)nc(Nc3ccc4[nH]ncc4c3)c2s1.c1cncc(CNc2nc(Nc3ccc4[nH]ncc4c3)c3sccc3n2)c1. The minimum atomic E-state index is 0.509. The van der Waals surface area contributed by atoms with Crippen molar-refractivity contribution in [1.82, 2.24) is 90.6 Å². The van der Waals surface area contributed by atoms with E-state index in [0.717, 1.165) is 198 Å². The molecule has 0 bridgehead atoms. The molecule has 1 fully saturated rings. The molecule has 0 amide bonds. The average molecular weight is 1650 g/mol. The van der Waals surface area contributed by atoms with Crippen LogP contribution < -0.4 is 52.3 Å². The van der Waals surface area contributed by atoms with Crippen LogP contribution in [0.2, 0.25) is 5.02 Å². The lowest BCUT2D eigenvalue weighted by atomic mass is 10.2. The number of nitrogens with one attached hydrogen (secondary N) is 12. The molecule has 118 heavy (non-hydrogen) atoms. The number of thiophene rings is 4. The molecule has 586 valence electrons. The number of halogens is 1. The van der Waals surface area contributed by atoms with E-state index in [9.17, 15) is 0 Å². The lowest BCUT2D eigenvalue weighted by Gasteiger charge is -2.28. The third kappa shape index (κ3) is 17.6. The molecule has 21 rings (SSSR count). The van der Waals surface area contributed by atoms with Gasteiger partial charge in [0.15, 0.2) is 23.3 Å². The number of morpholine rings is 1. The predicted octanol–water partition coefficient (Wildman–Crippen LogP) is 20.1. The van der Waals surface area contributed by atoms with Gasteiger partial charge in [0.25, 0.3) is 0 Å². The van der Waals surface area contributed by atoms with Crippen molar-refractivity contribution in [3.63, 3.8) is 0 Å². The number of hydrogen-bond donors (Lipinski definition) is 12. The molecule has 20 aromatic rings. The molecule has 0 unspecified atom stereocenters. The highest BCUT2D eigenvalue weighted by molar-refractivity contribution is 7.18. The Bertz CT molecular complexity index is 6620. The van der Waals surface area contributed by atoms with Crippen LogP contribution in [0.3, 0.4) is 0 Å². The predicted molar refractivity (Wildman–Crippen MR) is 481 cm³/mol. The molecular formula is C84H73ClN28OS4. The Morgan fingerprint density at radius 2 is 0.780 bits per heavy atom. The highest BCUT2D eigenvalue weighted by Crippen LogP contribution is 2.38. The quantitative estimate of drug-likeness (QED) is 0.0300. The van der Waals surface area contributed by atoms with Gasteiger partial charge in [-0.2, -0.15) is 40.3 Å². The number of ether oxygens (including phenoxy) is 1. The summed E-state index contributed by atoms with van der Waals surface area (Å²) < 4.78 is 9.51. The fraction of sp³-hybridized carbons (Fsp3) is 0.119. The summed E-state index contributed by atoms with van der Waals surface area (Å²) >= 11 is 13.0. The molecule has 34 heteroatoms. The third-order valence-corrected chi connectivity index (χ3v) is 23.2. The summed E-state index contributed by atoms with van der Waals surface area (Å²) in [6.07, 6.45) is 14.4. The van der Waals surface area contributed by atoms with Gasteiger partial charge in [0, 0.05) is 125 Å². The summed E-state index contributed by atoms with van der Waals surface area (Å²) in [5.41, 5.74) is 17.6. The van der Waals surface area contributed by atoms with Gasteiger partial charge in [0.1, 0.15) is 0 Å². The molecule has 6 aromatic carbocycles. The Morgan fingerprint density at radius 3 is 1.19 bits per heavy atom. The Labute approximate surface area is 694 Å². The van der Waals surface area contributed by atoms with Crippen molar-refractivity contribution in [3.05, 3.63) is 251 Å². The highest BCUT2D eigenvalue weighted by Gasteiger charge is 2.19. The molecule has 0 radical (unpaired) electrons. The first-order valence-electron chi connectivity index (χ1n) is 37.7. The van der Waals surface area contributed by atoms with Gasteiger partial charge in [-0.05, 0) is 204 Å². The molecule has 1 saturated heterocycles. The van der Waals surface area contributed by atoms with Crippen molar-refractivity contribution >= 4 is 234 Å². The van der Waals surface area contributed by atoms with Gasteiger partial charge >= 0.3 is 0 Å². The van der Waals surface area contributed by atoms with Crippen molar-refractivity contribution in [3.8, 4) is 0 Å². The van der Waals surface area contributed by atoms with Crippen LogP contribution in [0.25, 0.3) is 84.5 Å². The molecule has 15 heterocycles. The van der Waals surface area contributed by atoms with E-state index in [-0.39, 0.29) is 0 Å². The summed E-state index contributed by atoms with van der Waals surface area (Å²) in [5, 5.41) is 68.1. The van der Waals surface area contributed by atoms with Gasteiger partial charge in [-0.3, -0.25) is 30.4 Å². The van der Waals surface area contributed by atoms with Gasteiger partial charge in [-0.1, -0.05) is 17.7 Å². The fourth-order valence-corrected chi connectivity index (χ4v) is 16.7. The standard InChI is InChI=1S/C23H22ClN7S.C23H21N7OS.2C19H15N7S/c1-3-31(4-2)20-8-6-16(12-17(20)24)27-23-28-19-9-10-32-21(19)22(29-23)26-15-5-7-18-14(11-15)13-25-30-18;1-4-18(30-8-10-31-11-9-30)5-2-16(1)26-23-27-20-7-12-32-21(20)22(28-23)25-17-3-6-19-15(13-17)14-24-29-19;1-2-15-13(11-22-26-15)9-14(1)23-18-17-16(5-8-27-17)24-19(25-18)21-10-12-3-6-20-7-4-12;1-2-12(9-20-6-1)10-21-19-24-16-5-7-27-17(16)18(25-19)23-14-3-4-15-13(8-14)11-22-26-15/h5-13H,3-4H2,1-2H3,(H,25,30)(H2,26,27,28,29);1-7,12-14H,8-11H2,(H,24,29)(H2,25,26,27,28);2*1-9,11H,10H2,(H,22,26)(H2,21,23,24,25). The Morgan fingerprint density at radius 1 is 0.390 bits per heavy atom. The molecule has 14 aromatic heterocycles. The van der Waals surface area contributed by atoms with Crippen LogP contribution in [0.4, 0.5) is 92.6 Å². The molecule has 0 aliphatic carbocycles. The van der Waals surface area contributed by atoms with Crippen LogP contribution in [0.15, 0.2) is 235 Å². The van der Waals surface area contributed by atoms with Gasteiger partial charge < -0.3 is 57.1 Å². The topological polar surface area (TPSA) is 356 Å². The number of pyridine rings is 2. The van der Waals surface area contributed by atoms with E-state index in [1.165, 1.54) is 5.69 Å². The molecule has 29 nitrogen and oxygen atoms in total. The zero-order valence-corrected chi connectivity index (χ0v) is 67.3. The van der Waals surface area contributed by atoms with Crippen LogP contribution in [0.5, 0.6) is 0 Å². The van der Waals surface area contributed by atoms with Crippen LogP contribution in [-0.4, -0.2) is 130 Å². The number of fused-ring (bicyclic) bond motifs is 8. The molecular weight excluding hydrogens is 1580 g/mol. The first kappa shape index (κ1) is 75.3. The molecule has 0 spiro atoms. The normalized spacial score (nSPS) is 12.0. The number of nitrogens with zero attached hydrogens (tertiary/aromatic N) is 16. The van der Waals surface area contributed by atoms with Crippen LogP contribution in [-0.2, 0) is 17.8 Å². The van der Waals surface area contributed by atoms with Gasteiger partial charge in [0.05, 0.1) is 112 Å². The monoisotopic (exact) mass is 1650 g/mol. The van der Waals surface area contributed by atoms with Crippen molar-refractivity contribution in [2.45, 2.75) is 26.9 Å². The second-order valence-corrected chi connectivity index (χ2v) is 31.0. The molecule has 0 saturated carbocycles. The number of hydrogen-bond acceptors (Lipinski definition) is 29. The minimum Gasteiger partial charge on any atom is -0.378 e. The summed E-state index contributed by atoms with van der Waals surface area (Å²) in [7, 11) is 0. The number of aromatic amines is 4. The zero-order valence-electron chi connectivity index (χ0n) is 63.2. The number of H-pyrrole nitrogens is 4. The van der Waals surface area contributed by atoms with E-state index in [4.69, 9.17) is 31.3 Å². The van der Waals surface area contributed by atoms with Crippen LogP contribution in [0.1, 0.15) is 25.0 Å². The molecule has 12 N–H and O–H groups in total. The van der Waals surface area contributed by atoms with E-state index in [0.29, 0.717) is 41.9 Å². The summed E-state index contributed by atoms with van der Waals surface area (Å²) in [6.45, 7) is 10.7. The average Bonchev–Trinajstić information content (AvgIpc) is 1.61. The molecule has 1 aliphatic heterocycles. The lowest BCUT2D eigenvalue weighted by molar-refractivity contribution is 0.122. The van der Waals surface area contributed by atoms with E-state index in [1.807, 2.05) is 180 Å². The number of anilines is 16. The fourth-order valence-electron chi connectivity index (χ4n) is 13.3. The largest absolute Gasteiger partial charge is 0.378 e. The van der Waals surface area contributed by atoms with Gasteiger partial charge in [-0.15, -0.1) is 45.3 Å². The lowest BCUT2D eigenvalue weighted by Crippen LogP contribution is -2.36. The smallest absolute Gasteiger partial charge is 0.229 e.